The highest BCUT2D eigenvalue weighted by atomic mass is 32.1. The van der Waals surface area contributed by atoms with Gasteiger partial charge in [-0.2, -0.15) is 22.0 Å². The van der Waals surface area contributed by atoms with Crippen LogP contribution < -0.4 is 16.1 Å². The van der Waals surface area contributed by atoms with E-state index in [1.54, 1.807) is 0 Å². The molecular formula is C18H12F6N4O4S. The standard InChI is InChI=1S/C18H12F6N4O4S/c19-9-2-4-10(5-3-9)25-15(30)27-16-26-11-6-1-8(7-12(11)33-16)17(31,18(22,23)24)13(29)28-32-14(20)21/h1-7,14,31H,(H,28,29)(H2,25,26,27,30)/t17-/m0/s1. The second-order valence-corrected chi connectivity index (χ2v) is 7.34. The number of benzene rings is 2. The van der Waals surface area contributed by atoms with Gasteiger partial charge in [0.05, 0.1) is 10.2 Å². The number of halogens is 6. The second-order valence-electron chi connectivity index (χ2n) is 6.31. The number of aromatic nitrogens is 1. The number of hydroxylamine groups is 1. The fourth-order valence-corrected chi connectivity index (χ4v) is 3.49. The quantitative estimate of drug-likeness (QED) is 0.305. The van der Waals surface area contributed by atoms with E-state index in [1.165, 1.54) is 12.1 Å². The number of urea groups is 1. The summed E-state index contributed by atoms with van der Waals surface area (Å²) >= 11 is 0.705. The van der Waals surface area contributed by atoms with Crippen LogP contribution in [0.4, 0.5) is 42.0 Å². The Morgan fingerprint density at radius 2 is 1.73 bits per heavy atom. The van der Waals surface area contributed by atoms with Gasteiger partial charge in [0.1, 0.15) is 5.82 Å². The first-order valence-electron chi connectivity index (χ1n) is 8.68. The first kappa shape index (κ1) is 24.2. The van der Waals surface area contributed by atoms with E-state index in [9.17, 15) is 41.0 Å². The lowest BCUT2D eigenvalue weighted by molar-refractivity contribution is -0.267. The molecule has 0 aliphatic rings. The van der Waals surface area contributed by atoms with Crippen LogP contribution in [-0.2, 0) is 15.2 Å². The molecule has 3 aromatic rings. The van der Waals surface area contributed by atoms with Crippen LogP contribution in [0.15, 0.2) is 42.5 Å². The van der Waals surface area contributed by atoms with Gasteiger partial charge in [0.15, 0.2) is 5.13 Å². The summed E-state index contributed by atoms with van der Waals surface area (Å²) in [7, 11) is 0. The van der Waals surface area contributed by atoms with Crippen molar-refractivity contribution in [3.8, 4) is 0 Å². The molecule has 176 valence electrons. The molecule has 1 atom stereocenters. The van der Waals surface area contributed by atoms with E-state index in [-0.39, 0.29) is 21.0 Å². The predicted octanol–water partition coefficient (Wildman–Crippen LogP) is 4.10. The van der Waals surface area contributed by atoms with Crippen molar-refractivity contribution in [1.82, 2.24) is 10.5 Å². The summed E-state index contributed by atoms with van der Waals surface area (Å²) in [6, 6.07) is 6.54. The molecule has 0 radical (unpaired) electrons. The summed E-state index contributed by atoms with van der Waals surface area (Å²) in [5, 5.41) is 14.8. The number of aliphatic hydroxyl groups is 1. The monoisotopic (exact) mass is 494 g/mol. The van der Waals surface area contributed by atoms with Crippen LogP contribution in [0.2, 0.25) is 0 Å². The van der Waals surface area contributed by atoms with Crippen LogP contribution in [0.5, 0.6) is 0 Å². The highest BCUT2D eigenvalue weighted by Gasteiger charge is 2.61. The third-order valence-corrected chi connectivity index (χ3v) is 5.04. The first-order chi connectivity index (χ1) is 15.4. The molecule has 0 saturated heterocycles. The highest BCUT2D eigenvalue weighted by molar-refractivity contribution is 7.22. The van der Waals surface area contributed by atoms with E-state index in [0.29, 0.717) is 11.3 Å². The molecule has 0 fully saturated rings. The average Bonchev–Trinajstić information content (AvgIpc) is 3.13. The van der Waals surface area contributed by atoms with Crippen LogP contribution in [0.3, 0.4) is 0 Å². The van der Waals surface area contributed by atoms with Crippen molar-refractivity contribution in [2.45, 2.75) is 18.4 Å². The zero-order valence-corrected chi connectivity index (χ0v) is 16.7. The molecular weight excluding hydrogens is 482 g/mol. The average molecular weight is 494 g/mol. The maximum atomic E-state index is 13.5. The summed E-state index contributed by atoms with van der Waals surface area (Å²) in [5.41, 5.74) is -3.98. The number of hydrogen-bond acceptors (Lipinski definition) is 6. The van der Waals surface area contributed by atoms with Crippen molar-refractivity contribution < 1.29 is 45.9 Å². The largest absolute Gasteiger partial charge is 0.430 e. The number of anilines is 2. The van der Waals surface area contributed by atoms with E-state index < -0.39 is 41.7 Å². The lowest BCUT2D eigenvalue weighted by atomic mass is 9.92. The Balaban J connectivity index is 1.84. The zero-order valence-electron chi connectivity index (χ0n) is 15.9. The minimum absolute atomic E-state index is 0.0230. The second kappa shape index (κ2) is 9.21. The number of nitrogens with zero attached hydrogens (tertiary/aromatic N) is 1. The molecule has 3 rings (SSSR count). The number of nitrogens with one attached hydrogen (secondary N) is 3. The van der Waals surface area contributed by atoms with Crippen molar-refractivity contribution in [3.05, 3.63) is 53.8 Å². The number of carbonyl (C=O) groups is 2. The third-order valence-electron chi connectivity index (χ3n) is 4.11. The number of alkyl halides is 5. The Morgan fingerprint density at radius 1 is 1.06 bits per heavy atom. The fraction of sp³-hybridized carbons (Fsp3) is 0.167. The highest BCUT2D eigenvalue weighted by Crippen LogP contribution is 2.41. The Labute approximate surface area is 184 Å². The van der Waals surface area contributed by atoms with Crippen molar-refractivity contribution >= 4 is 44.3 Å². The number of thiazole rings is 1. The normalized spacial score (nSPS) is 13.6. The number of rotatable bonds is 6. The summed E-state index contributed by atoms with van der Waals surface area (Å²) in [4.78, 5) is 31.3. The van der Waals surface area contributed by atoms with E-state index >= 15 is 0 Å². The molecule has 0 saturated carbocycles. The minimum atomic E-state index is -5.60. The molecule has 1 heterocycles. The topological polar surface area (TPSA) is 113 Å². The zero-order chi connectivity index (χ0) is 24.4. The molecule has 3 amide bonds. The molecule has 0 spiro atoms. The van der Waals surface area contributed by atoms with Crippen LogP contribution in [0.1, 0.15) is 5.56 Å². The SMILES string of the molecule is O=C(Nc1ccc(F)cc1)Nc1nc2ccc([C@](O)(C(=O)NOC(F)F)C(F)(F)F)cc2s1. The number of amides is 3. The van der Waals surface area contributed by atoms with Crippen LogP contribution in [0, 0.1) is 5.82 Å². The van der Waals surface area contributed by atoms with Crippen LogP contribution in [0.25, 0.3) is 10.2 Å². The van der Waals surface area contributed by atoms with Gasteiger partial charge >= 0.3 is 18.8 Å². The van der Waals surface area contributed by atoms with E-state index in [0.717, 1.165) is 35.8 Å². The number of fused-ring (bicyclic) bond motifs is 1. The Morgan fingerprint density at radius 3 is 2.33 bits per heavy atom. The number of carbonyl (C=O) groups excluding carboxylic acids is 2. The molecule has 0 aliphatic heterocycles. The molecule has 0 aliphatic carbocycles. The lowest BCUT2D eigenvalue weighted by Crippen LogP contribution is -2.54. The Hall–Kier alpha value is -3.43. The summed E-state index contributed by atoms with van der Waals surface area (Å²) in [6.45, 7) is -3.62. The van der Waals surface area contributed by atoms with Crippen LogP contribution >= 0.6 is 11.3 Å². The predicted molar refractivity (Wildman–Crippen MR) is 104 cm³/mol. The van der Waals surface area contributed by atoms with Gasteiger partial charge < -0.3 is 10.4 Å². The van der Waals surface area contributed by atoms with Gasteiger partial charge in [-0.15, -0.1) is 0 Å². The molecule has 15 heteroatoms. The smallest absolute Gasteiger partial charge is 0.368 e. The van der Waals surface area contributed by atoms with Gasteiger partial charge in [0, 0.05) is 11.3 Å². The van der Waals surface area contributed by atoms with Gasteiger partial charge in [-0.3, -0.25) is 10.1 Å². The van der Waals surface area contributed by atoms with E-state index in [4.69, 9.17) is 0 Å². The third kappa shape index (κ3) is 5.32. The minimum Gasteiger partial charge on any atom is -0.368 e. The van der Waals surface area contributed by atoms with Gasteiger partial charge in [0.25, 0.3) is 11.5 Å². The van der Waals surface area contributed by atoms with Gasteiger partial charge in [-0.05, 0) is 36.4 Å². The lowest BCUT2D eigenvalue weighted by Gasteiger charge is -2.29. The van der Waals surface area contributed by atoms with Gasteiger partial charge in [-0.1, -0.05) is 17.4 Å². The van der Waals surface area contributed by atoms with Gasteiger partial charge in [0.2, 0.25) is 0 Å². The Bertz CT molecular complexity index is 1170. The summed E-state index contributed by atoms with van der Waals surface area (Å²) in [6.07, 6.45) is -5.60. The molecule has 2 aromatic carbocycles. The Kier molecular flexibility index (Phi) is 6.76. The molecule has 0 bridgehead atoms. The van der Waals surface area contributed by atoms with E-state index in [2.05, 4.69) is 20.5 Å². The summed E-state index contributed by atoms with van der Waals surface area (Å²) in [5.74, 6) is -2.80. The molecule has 1 aromatic heterocycles. The maximum absolute atomic E-state index is 13.5. The molecule has 0 unspecified atom stereocenters. The maximum Gasteiger partial charge on any atom is 0.430 e. The van der Waals surface area contributed by atoms with Gasteiger partial charge in [-0.25, -0.2) is 24.5 Å². The first-order valence-corrected chi connectivity index (χ1v) is 9.50. The fourth-order valence-electron chi connectivity index (χ4n) is 2.59. The molecule has 33 heavy (non-hydrogen) atoms. The van der Waals surface area contributed by atoms with Crippen molar-refractivity contribution in [1.29, 1.82) is 0 Å². The summed E-state index contributed by atoms with van der Waals surface area (Å²) < 4.78 is 77.7. The van der Waals surface area contributed by atoms with Crippen LogP contribution in [-0.4, -0.2) is 34.8 Å². The molecule has 8 nitrogen and oxygen atoms in total. The van der Waals surface area contributed by atoms with E-state index in [1.807, 2.05) is 0 Å². The number of hydrogen-bond donors (Lipinski definition) is 4. The molecule has 4 N–H and O–H groups in total. The van der Waals surface area contributed by atoms with Crippen molar-refractivity contribution in [2.24, 2.45) is 0 Å². The van der Waals surface area contributed by atoms with Crippen molar-refractivity contribution in [2.75, 3.05) is 10.6 Å². The van der Waals surface area contributed by atoms with Crippen molar-refractivity contribution in [3.63, 3.8) is 0 Å².